The molecule has 1 aromatic heterocycles. The standard InChI is InChI=1S/C21H19FN4O5S/c1-26-18(12-4-6-15(22)7-5-12)24-25-21(26)32-11-17(27)23-16-9-13(19(28)30-2)8-14(10-16)20(29)31-3/h4-10H,11H2,1-3H3,(H,23,27). The van der Waals surface area contributed by atoms with Crippen molar-refractivity contribution in [2.24, 2.45) is 7.05 Å². The molecule has 1 amide bonds. The first-order valence-electron chi connectivity index (χ1n) is 9.22. The highest BCUT2D eigenvalue weighted by atomic mass is 32.2. The molecule has 0 radical (unpaired) electrons. The molecule has 32 heavy (non-hydrogen) atoms. The van der Waals surface area contributed by atoms with Crippen LogP contribution in [0.1, 0.15) is 20.7 Å². The third-order valence-corrected chi connectivity index (χ3v) is 5.35. The summed E-state index contributed by atoms with van der Waals surface area (Å²) in [6.45, 7) is 0. The van der Waals surface area contributed by atoms with Crippen LogP contribution in [0, 0.1) is 5.82 Å². The zero-order chi connectivity index (χ0) is 23.3. The lowest BCUT2D eigenvalue weighted by molar-refractivity contribution is -0.113. The minimum absolute atomic E-state index is 0.00853. The number of benzene rings is 2. The molecule has 3 aromatic rings. The van der Waals surface area contributed by atoms with Crippen LogP contribution in [0.3, 0.4) is 0 Å². The average molecular weight is 458 g/mol. The second-order valence-electron chi connectivity index (χ2n) is 6.49. The lowest BCUT2D eigenvalue weighted by Crippen LogP contribution is -2.16. The van der Waals surface area contributed by atoms with Gasteiger partial charge in [0, 0.05) is 18.3 Å². The van der Waals surface area contributed by atoms with Gasteiger partial charge in [-0.2, -0.15) is 0 Å². The molecule has 0 bridgehead atoms. The number of nitrogens with one attached hydrogen (secondary N) is 1. The number of hydrogen-bond acceptors (Lipinski definition) is 8. The Hall–Kier alpha value is -3.73. The Morgan fingerprint density at radius 1 is 1.00 bits per heavy atom. The van der Waals surface area contributed by atoms with Gasteiger partial charge < -0.3 is 19.4 Å². The molecule has 0 atom stereocenters. The van der Waals surface area contributed by atoms with Crippen molar-refractivity contribution in [3.8, 4) is 11.4 Å². The van der Waals surface area contributed by atoms with E-state index in [2.05, 4.69) is 25.0 Å². The Morgan fingerprint density at radius 2 is 1.59 bits per heavy atom. The first-order valence-corrected chi connectivity index (χ1v) is 10.2. The molecule has 1 N–H and O–H groups in total. The van der Waals surface area contributed by atoms with E-state index < -0.39 is 11.9 Å². The van der Waals surface area contributed by atoms with Crippen LogP contribution in [-0.2, 0) is 21.3 Å². The van der Waals surface area contributed by atoms with E-state index in [0.29, 0.717) is 16.5 Å². The van der Waals surface area contributed by atoms with Gasteiger partial charge in [0.05, 0.1) is 31.1 Å². The van der Waals surface area contributed by atoms with Crippen LogP contribution in [0.5, 0.6) is 0 Å². The number of aromatic nitrogens is 3. The average Bonchev–Trinajstić information content (AvgIpc) is 3.17. The van der Waals surface area contributed by atoms with Crippen molar-refractivity contribution in [1.82, 2.24) is 14.8 Å². The van der Waals surface area contributed by atoms with Gasteiger partial charge in [-0.05, 0) is 42.5 Å². The van der Waals surface area contributed by atoms with Gasteiger partial charge in [-0.25, -0.2) is 14.0 Å². The Balaban J connectivity index is 1.70. The number of carbonyl (C=O) groups excluding carboxylic acids is 3. The van der Waals surface area contributed by atoms with Gasteiger partial charge in [0.1, 0.15) is 5.82 Å². The molecule has 1 heterocycles. The largest absolute Gasteiger partial charge is 0.465 e. The highest BCUT2D eigenvalue weighted by Crippen LogP contribution is 2.23. The second-order valence-corrected chi connectivity index (χ2v) is 7.43. The summed E-state index contributed by atoms with van der Waals surface area (Å²) in [5.41, 5.74) is 1.11. The maximum Gasteiger partial charge on any atom is 0.337 e. The van der Waals surface area contributed by atoms with Crippen molar-refractivity contribution < 1.29 is 28.2 Å². The van der Waals surface area contributed by atoms with E-state index in [0.717, 1.165) is 11.8 Å². The molecule has 2 aromatic carbocycles. The predicted octanol–water partition coefficient (Wildman–Crippen LogP) is 2.93. The Kier molecular flexibility index (Phi) is 7.21. The third kappa shape index (κ3) is 5.30. The normalized spacial score (nSPS) is 10.5. The fourth-order valence-corrected chi connectivity index (χ4v) is 3.50. The van der Waals surface area contributed by atoms with Gasteiger partial charge in [0.2, 0.25) is 5.91 Å². The van der Waals surface area contributed by atoms with Crippen LogP contribution >= 0.6 is 11.8 Å². The second kappa shape index (κ2) is 10.1. The fraction of sp³-hybridized carbons (Fsp3) is 0.190. The van der Waals surface area contributed by atoms with E-state index in [1.165, 1.54) is 44.6 Å². The molecule has 11 heteroatoms. The Bertz CT molecular complexity index is 1130. The molecule has 0 unspecified atom stereocenters. The van der Waals surface area contributed by atoms with Crippen LogP contribution in [0.2, 0.25) is 0 Å². The van der Waals surface area contributed by atoms with Crippen LogP contribution in [0.25, 0.3) is 11.4 Å². The van der Waals surface area contributed by atoms with E-state index in [-0.39, 0.29) is 34.3 Å². The summed E-state index contributed by atoms with van der Waals surface area (Å²) in [7, 11) is 4.16. The van der Waals surface area contributed by atoms with Crippen LogP contribution in [0.15, 0.2) is 47.6 Å². The Labute approximate surface area is 186 Å². The van der Waals surface area contributed by atoms with E-state index in [9.17, 15) is 18.8 Å². The molecule has 0 aliphatic rings. The summed E-state index contributed by atoms with van der Waals surface area (Å²) in [5, 5.41) is 11.3. The zero-order valence-electron chi connectivity index (χ0n) is 17.4. The predicted molar refractivity (Wildman–Crippen MR) is 115 cm³/mol. The quantitative estimate of drug-likeness (QED) is 0.425. The first-order chi connectivity index (χ1) is 15.3. The minimum atomic E-state index is -0.659. The molecule has 0 spiro atoms. The SMILES string of the molecule is COC(=O)c1cc(NC(=O)CSc2nnc(-c3ccc(F)cc3)n2C)cc(C(=O)OC)c1. The molecular weight excluding hydrogens is 439 g/mol. The summed E-state index contributed by atoms with van der Waals surface area (Å²) in [6, 6.07) is 9.95. The van der Waals surface area contributed by atoms with Crippen molar-refractivity contribution in [1.29, 1.82) is 0 Å². The minimum Gasteiger partial charge on any atom is -0.465 e. The number of carbonyl (C=O) groups is 3. The number of halogens is 1. The van der Waals surface area contributed by atoms with Crippen molar-refractivity contribution in [2.75, 3.05) is 25.3 Å². The number of nitrogens with zero attached hydrogens (tertiary/aromatic N) is 3. The number of anilines is 1. The molecule has 0 saturated heterocycles. The van der Waals surface area contributed by atoms with Crippen LogP contribution in [0.4, 0.5) is 10.1 Å². The topological polar surface area (TPSA) is 112 Å². The molecule has 0 aliphatic heterocycles. The number of hydrogen-bond donors (Lipinski definition) is 1. The number of amides is 1. The van der Waals surface area contributed by atoms with E-state index in [4.69, 9.17) is 0 Å². The van der Waals surface area contributed by atoms with Crippen molar-refractivity contribution in [2.45, 2.75) is 5.16 Å². The molecule has 9 nitrogen and oxygen atoms in total. The van der Waals surface area contributed by atoms with Crippen molar-refractivity contribution >= 4 is 35.3 Å². The van der Waals surface area contributed by atoms with Gasteiger partial charge in [0.15, 0.2) is 11.0 Å². The summed E-state index contributed by atoms with van der Waals surface area (Å²) in [6.07, 6.45) is 0. The maximum atomic E-state index is 13.1. The van der Waals surface area contributed by atoms with E-state index in [1.54, 1.807) is 23.7 Å². The number of thioether (sulfide) groups is 1. The Morgan fingerprint density at radius 3 is 2.16 bits per heavy atom. The van der Waals surface area contributed by atoms with Gasteiger partial charge in [0.25, 0.3) is 0 Å². The van der Waals surface area contributed by atoms with Crippen molar-refractivity contribution in [3.05, 3.63) is 59.4 Å². The van der Waals surface area contributed by atoms with Crippen LogP contribution in [-0.4, -0.2) is 52.6 Å². The number of esters is 2. The smallest absolute Gasteiger partial charge is 0.337 e. The third-order valence-electron chi connectivity index (χ3n) is 4.33. The molecule has 166 valence electrons. The maximum absolute atomic E-state index is 13.1. The molecular formula is C21H19FN4O5S. The van der Waals surface area contributed by atoms with Crippen molar-refractivity contribution in [3.63, 3.8) is 0 Å². The zero-order valence-corrected chi connectivity index (χ0v) is 18.2. The molecule has 3 rings (SSSR count). The highest BCUT2D eigenvalue weighted by molar-refractivity contribution is 7.99. The summed E-state index contributed by atoms with van der Waals surface area (Å²) in [5.74, 6) is -1.54. The molecule has 0 aliphatic carbocycles. The van der Waals surface area contributed by atoms with Gasteiger partial charge in [-0.3, -0.25) is 4.79 Å². The van der Waals surface area contributed by atoms with Crippen LogP contribution < -0.4 is 5.32 Å². The van der Waals surface area contributed by atoms with E-state index in [1.807, 2.05) is 0 Å². The lowest BCUT2D eigenvalue weighted by Gasteiger charge is -2.09. The van der Waals surface area contributed by atoms with Gasteiger partial charge >= 0.3 is 11.9 Å². The summed E-state index contributed by atoms with van der Waals surface area (Å²) in [4.78, 5) is 36.2. The number of methoxy groups -OCH3 is 2. The molecule has 0 saturated carbocycles. The summed E-state index contributed by atoms with van der Waals surface area (Å²) >= 11 is 1.14. The van der Waals surface area contributed by atoms with E-state index >= 15 is 0 Å². The lowest BCUT2D eigenvalue weighted by atomic mass is 10.1. The van der Waals surface area contributed by atoms with Gasteiger partial charge in [-0.1, -0.05) is 11.8 Å². The fourth-order valence-electron chi connectivity index (χ4n) is 2.79. The first kappa shape index (κ1) is 22.9. The number of ether oxygens (including phenoxy) is 2. The number of rotatable bonds is 7. The summed E-state index contributed by atoms with van der Waals surface area (Å²) < 4.78 is 24.2. The molecule has 0 fully saturated rings. The highest BCUT2D eigenvalue weighted by Gasteiger charge is 2.16. The van der Waals surface area contributed by atoms with Gasteiger partial charge in [-0.15, -0.1) is 10.2 Å². The monoisotopic (exact) mass is 458 g/mol.